The first-order valence-electron chi connectivity index (χ1n) is 11.2. The highest BCUT2D eigenvalue weighted by molar-refractivity contribution is 6.31. The minimum Gasteiger partial charge on any atom is -0.497 e. The maximum absolute atomic E-state index is 12.7. The van der Waals surface area contributed by atoms with Crippen LogP contribution in [-0.4, -0.2) is 50.0 Å². The van der Waals surface area contributed by atoms with Crippen LogP contribution >= 0.6 is 11.6 Å². The number of halogens is 1. The fourth-order valence-corrected chi connectivity index (χ4v) is 4.69. The van der Waals surface area contributed by atoms with Crippen LogP contribution in [0.15, 0.2) is 48.5 Å². The van der Waals surface area contributed by atoms with Gasteiger partial charge in [0, 0.05) is 36.8 Å². The zero-order valence-corrected chi connectivity index (χ0v) is 19.2. The van der Waals surface area contributed by atoms with Crippen LogP contribution < -0.4 is 15.0 Å². The Morgan fingerprint density at radius 2 is 1.91 bits per heavy atom. The Morgan fingerprint density at radius 1 is 1.16 bits per heavy atom. The molecule has 0 spiro atoms. The zero-order valence-electron chi connectivity index (χ0n) is 18.4. The second-order valence-electron chi connectivity index (χ2n) is 8.70. The van der Waals surface area contributed by atoms with E-state index in [1.54, 1.807) is 24.1 Å². The Balaban J connectivity index is 1.20. The van der Waals surface area contributed by atoms with Crippen molar-refractivity contribution in [3.05, 3.63) is 59.1 Å². The van der Waals surface area contributed by atoms with Crippen LogP contribution in [0.2, 0.25) is 5.02 Å². The lowest BCUT2D eigenvalue weighted by Gasteiger charge is -2.32. The molecule has 6 nitrogen and oxygen atoms in total. The van der Waals surface area contributed by atoms with Gasteiger partial charge in [-0.2, -0.15) is 0 Å². The van der Waals surface area contributed by atoms with Crippen molar-refractivity contribution in [1.82, 2.24) is 10.2 Å². The van der Waals surface area contributed by atoms with E-state index in [0.29, 0.717) is 24.0 Å². The van der Waals surface area contributed by atoms with Crippen LogP contribution in [0, 0.1) is 11.8 Å². The third-order valence-corrected chi connectivity index (χ3v) is 6.69. The summed E-state index contributed by atoms with van der Waals surface area (Å²) in [6.07, 6.45) is 2.38. The molecule has 170 valence electrons. The topological polar surface area (TPSA) is 61.9 Å². The first-order chi connectivity index (χ1) is 15.5. The van der Waals surface area contributed by atoms with Gasteiger partial charge in [-0.25, -0.2) is 0 Å². The highest BCUT2D eigenvalue weighted by Crippen LogP contribution is 2.27. The van der Waals surface area contributed by atoms with E-state index in [4.69, 9.17) is 16.3 Å². The van der Waals surface area contributed by atoms with E-state index in [1.165, 1.54) is 5.56 Å². The van der Waals surface area contributed by atoms with Gasteiger partial charge in [0.15, 0.2) is 0 Å². The summed E-state index contributed by atoms with van der Waals surface area (Å²) >= 11 is 6.05. The van der Waals surface area contributed by atoms with Crippen LogP contribution in [-0.2, 0) is 16.1 Å². The number of rotatable bonds is 7. The summed E-state index contributed by atoms with van der Waals surface area (Å²) in [5.74, 6) is 0.995. The van der Waals surface area contributed by atoms with E-state index in [-0.39, 0.29) is 24.2 Å². The highest BCUT2D eigenvalue weighted by atomic mass is 35.5. The maximum atomic E-state index is 12.7. The third-order valence-electron chi connectivity index (χ3n) is 6.45. The Morgan fingerprint density at radius 3 is 2.59 bits per heavy atom. The predicted octanol–water partition coefficient (Wildman–Crippen LogP) is 3.73. The van der Waals surface area contributed by atoms with Crippen LogP contribution in [0.4, 0.5) is 5.69 Å². The molecule has 0 bridgehead atoms. The second-order valence-corrected chi connectivity index (χ2v) is 9.13. The molecule has 2 heterocycles. The van der Waals surface area contributed by atoms with Crippen molar-refractivity contribution in [3.8, 4) is 5.75 Å². The Kier molecular flexibility index (Phi) is 7.33. The molecule has 0 radical (unpaired) electrons. The molecular weight excluding hydrogens is 426 g/mol. The summed E-state index contributed by atoms with van der Waals surface area (Å²) in [6.45, 7) is 4.07. The quantitative estimate of drug-likeness (QED) is 0.691. The number of methoxy groups -OCH3 is 1. The SMILES string of the molecule is COc1ccc(CN2CCC(CNC(=O)C3CC(=O)N(c4cccc(Cl)c4)C3)CC2)cc1. The highest BCUT2D eigenvalue weighted by Gasteiger charge is 2.35. The lowest BCUT2D eigenvalue weighted by Crippen LogP contribution is -2.40. The van der Waals surface area contributed by atoms with Gasteiger partial charge in [0.1, 0.15) is 5.75 Å². The molecule has 1 N–H and O–H groups in total. The van der Waals surface area contributed by atoms with E-state index in [9.17, 15) is 9.59 Å². The standard InChI is InChI=1S/C25H30ClN3O3/c1-32-23-7-5-19(6-8-23)16-28-11-9-18(10-12-28)15-27-25(31)20-13-24(30)29(17-20)22-4-2-3-21(26)14-22/h2-8,14,18,20H,9-13,15-17H2,1H3,(H,27,31). The van der Waals surface area contributed by atoms with Crippen molar-refractivity contribution in [2.24, 2.45) is 11.8 Å². The van der Waals surface area contributed by atoms with Crippen molar-refractivity contribution >= 4 is 29.1 Å². The van der Waals surface area contributed by atoms with Gasteiger partial charge in [-0.3, -0.25) is 14.5 Å². The maximum Gasteiger partial charge on any atom is 0.227 e. The molecule has 4 rings (SSSR count). The Labute approximate surface area is 194 Å². The summed E-state index contributed by atoms with van der Waals surface area (Å²) < 4.78 is 5.22. The van der Waals surface area contributed by atoms with Crippen molar-refractivity contribution in [3.63, 3.8) is 0 Å². The number of nitrogens with one attached hydrogen (secondary N) is 1. The molecule has 2 aromatic rings. The number of amides is 2. The van der Waals surface area contributed by atoms with Gasteiger partial charge in [-0.05, 0) is 67.7 Å². The van der Waals surface area contributed by atoms with Gasteiger partial charge >= 0.3 is 0 Å². The van der Waals surface area contributed by atoms with E-state index in [1.807, 2.05) is 24.3 Å². The average Bonchev–Trinajstić information content (AvgIpc) is 3.20. The molecule has 2 aliphatic heterocycles. The van der Waals surface area contributed by atoms with E-state index >= 15 is 0 Å². The second kappa shape index (κ2) is 10.4. The van der Waals surface area contributed by atoms with Crippen molar-refractivity contribution in [2.45, 2.75) is 25.8 Å². The molecule has 7 heteroatoms. The first kappa shape index (κ1) is 22.6. The summed E-state index contributed by atoms with van der Waals surface area (Å²) in [7, 11) is 1.68. The average molecular weight is 456 g/mol. The Hall–Kier alpha value is -2.57. The molecule has 2 aliphatic rings. The minimum atomic E-state index is -0.309. The van der Waals surface area contributed by atoms with E-state index < -0.39 is 0 Å². The van der Waals surface area contributed by atoms with Gasteiger partial charge in [-0.1, -0.05) is 29.8 Å². The lowest BCUT2D eigenvalue weighted by atomic mass is 9.96. The molecular formula is C25H30ClN3O3. The molecule has 32 heavy (non-hydrogen) atoms. The number of hydrogen-bond donors (Lipinski definition) is 1. The molecule has 0 saturated carbocycles. The number of carbonyl (C=O) groups is 2. The molecule has 0 aromatic heterocycles. The van der Waals surface area contributed by atoms with Crippen molar-refractivity contribution < 1.29 is 14.3 Å². The van der Waals surface area contributed by atoms with Crippen LogP contribution in [0.5, 0.6) is 5.75 Å². The number of piperidine rings is 1. The predicted molar refractivity (Wildman–Crippen MR) is 126 cm³/mol. The number of carbonyl (C=O) groups excluding carboxylic acids is 2. The van der Waals surface area contributed by atoms with E-state index in [2.05, 4.69) is 22.3 Å². The number of benzene rings is 2. The van der Waals surface area contributed by atoms with Gasteiger partial charge in [0.2, 0.25) is 11.8 Å². The summed E-state index contributed by atoms with van der Waals surface area (Å²) in [4.78, 5) is 29.2. The fraction of sp³-hybridized carbons (Fsp3) is 0.440. The van der Waals surface area contributed by atoms with Gasteiger partial charge in [-0.15, -0.1) is 0 Å². The van der Waals surface area contributed by atoms with Gasteiger partial charge < -0.3 is 15.0 Å². The largest absolute Gasteiger partial charge is 0.497 e. The first-order valence-corrected chi connectivity index (χ1v) is 11.6. The molecule has 1 atom stereocenters. The number of anilines is 1. The zero-order chi connectivity index (χ0) is 22.5. The number of likely N-dealkylation sites (tertiary alicyclic amines) is 1. The number of hydrogen-bond acceptors (Lipinski definition) is 4. The summed E-state index contributed by atoms with van der Waals surface area (Å²) in [5, 5.41) is 3.68. The van der Waals surface area contributed by atoms with Gasteiger partial charge in [0.25, 0.3) is 0 Å². The Bertz CT molecular complexity index is 942. The van der Waals surface area contributed by atoms with Crippen LogP contribution in [0.3, 0.4) is 0 Å². The molecule has 0 aliphatic carbocycles. The summed E-state index contributed by atoms with van der Waals surface area (Å²) in [5.41, 5.74) is 2.04. The molecule has 2 saturated heterocycles. The number of nitrogens with zero attached hydrogens (tertiary/aromatic N) is 2. The summed E-state index contributed by atoms with van der Waals surface area (Å²) in [6, 6.07) is 15.4. The molecule has 2 aromatic carbocycles. The normalized spacial score (nSPS) is 19.9. The van der Waals surface area contributed by atoms with Crippen molar-refractivity contribution in [2.75, 3.05) is 38.2 Å². The number of ether oxygens (including phenoxy) is 1. The van der Waals surface area contributed by atoms with Crippen LogP contribution in [0.1, 0.15) is 24.8 Å². The van der Waals surface area contributed by atoms with Crippen LogP contribution in [0.25, 0.3) is 0 Å². The fourth-order valence-electron chi connectivity index (χ4n) is 4.50. The van der Waals surface area contributed by atoms with Gasteiger partial charge in [0.05, 0.1) is 13.0 Å². The lowest BCUT2D eigenvalue weighted by molar-refractivity contribution is -0.126. The minimum absolute atomic E-state index is 0.0245. The monoisotopic (exact) mass is 455 g/mol. The van der Waals surface area contributed by atoms with E-state index in [0.717, 1.165) is 43.9 Å². The van der Waals surface area contributed by atoms with Crippen molar-refractivity contribution in [1.29, 1.82) is 0 Å². The third kappa shape index (κ3) is 5.61. The molecule has 1 unspecified atom stereocenters. The smallest absolute Gasteiger partial charge is 0.227 e. The molecule has 2 amide bonds. The molecule has 2 fully saturated rings.